The zero-order valence-corrected chi connectivity index (χ0v) is 19.5. The van der Waals surface area contributed by atoms with Crippen LogP contribution < -0.4 is 10.6 Å². The lowest BCUT2D eigenvalue weighted by Crippen LogP contribution is -2.57. The number of rotatable bonds is 10. The molecule has 2 aliphatic carbocycles. The standard InChI is InChI=1S/C27H32N2O5/c1-2-3-13-23(25(31)32)28-24(30)16-27(14-8-15-27)29-26(33)34-17-22-20-11-6-4-9-18(20)19-10-5-7-12-21(19)22/h4-7,9-12,22-23H,2-3,8,13-17H2,1H3,(H,28,30)(H,29,33)(H,31,32). The molecule has 0 aromatic heterocycles. The van der Waals surface area contributed by atoms with Crippen molar-refractivity contribution in [1.82, 2.24) is 10.6 Å². The van der Waals surface area contributed by atoms with Crippen LogP contribution >= 0.6 is 0 Å². The van der Waals surface area contributed by atoms with Gasteiger partial charge in [0.15, 0.2) is 0 Å². The number of carboxylic acid groups (broad SMARTS) is 1. The average molecular weight is 465 g/mol. The average Bonchev–Trinajstić information content (AvgIpc) is 3.12. The molecule has 4 rings (SSSR count). The molecule has 0 aliphatic heterocycles. The molecule has 2 aromatic carbocycles. The molecule has 3 N–H and O–H groups in total. The topological polar surface area (TPSA) is 105 Å². The first-order chi connectivity index (χ1) is 16.4. The fraction of sp³-hybridized carbons (Fsp3) is 0.444. The molecule has 7 nitrogen and oxygen atoms in total. The number of fused-ring (bicyclic) bond motifs is 3. The van der Waals surface area contributed by atoms with E-state index in [1.54, 1.807) is 0 Å². The minimum atomic E-state index is -1.03. The van der Waals surface area contributed by atoms with Gasteiger partial charge in [-0.15, -0.1) is 0 Å². The third-order valence-corrected chi connectivity index (χ3v) is 7.00. The third-order valence-electron chi connectivity index (χ3n) is 7.00. The number of hydrogen-bond donors (Lipinski definition) is 3. The fourth-order valence-electron chi connectivity index (χ4n) is 5.02. The Bertz CT molecular complexity index is 1020. The van der Waals surface area contributed by atoms with Crippen molar-refractivity contribution in [3.05, 3.63) is 59.7 Å². The van der Waals surface area contributed by atoms with Crippen LogP contribution in [0.25, 0.3) is 11.1 Å². The van der Waals surface area contributed by atoms with Gasteiger partial charge in [-0.2, -0.15) is 0 Å². The lowest BCUT2D eigenvalue weighted by Gasteiger charge is -2.41. The highest BCUT2D eigenvalue weighted by atomic mass is 16.5. The molecule has 34 heavy (non-hydrogen) atoms. The van der Waals surface area contributed by atoms with Gasteiger partial charge in [0.1, 0.15) is 12.6 Å². The number of amides is 2. The largest absolute Gasteiger partial charge is 0.480 e. The molecular weight excluding hydrogens is 432 g/mol. The maximum atomic E-state index is 12.7. The molecule has 2 amide bonds. The van der Waals surface area contributed by atoms with Crippen molar-refractivity contribution in [3.63, 3.8) is 0 Å². The molecule has 0 saturated heterocycles. The number of aliphatic carboxylic acids is 1. The maximum absolute atomic E-state index is 12.7. The predicted molar refractivity (Wildman–Crippen MR) is 128 cm³/mol. The first-order valence-electron chi connectivity index (χ1n) is 12.1. The van der Waals surface area contributed by atoms with Crippen molar-refractivity contribution in [3.8, 4) is 11.1 Å². The third kappa shape index (κ3) is 5.08. The van der Waals surface area contributed by atoms with Crippen molar-refractivity contribution in [2.24, 2.45) is 0 Å². The first kappa shape index (κ1) is 23.8. The Hall–Kier alpha value is -3.35. The number of benzene rings is 2. The van der Waals surface area contributed by atoms with Crippen molar-refractivity contribution < 1.29 is 24.2 Å². The van der Waals surface area contributed by atoms with Crippen LogP contribution in [0, 0.1) is 0 Å². The molecule has 1 fully saturated rings. The molecule has 1 atom stereocenters. The van der Waals surface area contributed by atoms with Gasteiger partial charge in [-0.1, -0.05) is 68.3 Å². The van der Waals surface area contributed by atoms with Crippen LogP contribution in [0.2, 0.25) is 0 Å². The number of ether oxygens (including phenoxy) is 1. The summed E-state index contributed by atoms with van der Waals surface area (Å²) >= 11 is 0. The summed E-state index contributed by atoms with van der Waals surface area (Å²) in [4.78, 5) is 36.8. The minimum absolute atomic E-state index is 0.0336. The molecule has 2 aromatic rings. The van der Waals surface area contributed by atoms with Gasteiger partial charge in [0.05, 0.1) is 5.54 Å². The molecule has 1 saturated carbocycles. The number of alkyl carbamates (subject to hydrolysis) is 1. The zero-order chi connectivity index (χ0) is 24.1. The van der Waals surface area contributed by atoms with Crippen molar-refractivity contribution in [2.75, 3.05) is 6.61 Å². The Labute approximate surface area is 199 Å². The summed E-state index contributed by atoms with van der Waals surface area (Å²) < 4.78 is 5.65. The van der Waals surface area contributed by atoms with Crippen LogP contribution in [0.3, 0.4) is 0 Å². The van der Waals surface area contributed by atoms with E-state index in [1.807, 2.05) is 31.2 Å². The van der Waals surface area contributed by atoms with E-state index in [9.17, 15) is 19.5 Å². The van der Waals surface area contributed by atoms with Crippen LogP contribution in [0.4, 0.5) is 4.79 Å². The van der Waals surface area contributed by atoms with Crippen molar-refractivity contribution >= 4 is 18.0 Å². The van der Waals surface area contributed by atoms with Gasteiger partial charge in [0.25, 0.3) is 0 Å². The highest BCUT2D eigenvalue weighted by molar-refractivity contribution is 5.85. The molecule has 180 valence electrons. The van der Waals surface area contributed by atoms with Gasteiger partial charge in [-0.25, -0.2) is 9.59 Å². The second-order valence-corrected chi connectivity index (χ2v) is 9.36. The summed E-state index contributed by atoms with van der Waals surface area (Å²) in [6.07, 6.45) is 3.70. The van der Waals surface area contributed by atoms with E-state index in [0.29, 0.717) is 19.3 Å². The van der Waals surface area contributed by atoms with Crippen LogP contribution in [0.15, 0.2) is 48.5 Å². The Morgan fingerprint density at radius 2 is 1.68 bits per heavy atom. The van der Waals surface area contributed by atoms with E-state index in [-0.39, 0.29) is 24.9 Å². The molecule has 0 bridgehead atoms. The lowest BCUT2D eigenvalue weighted by atomic mass is 9.74. The number of nitrogens with one attached hydrogen (secondary N) is 2. The fourth-order valence-corrected chi connectivity index (χ4v) is 5.02. The molecule has 0 heterocycles. The molecule has 7 heteroatoms. The molecular formula is C27H32N2O5. The molecule has 1 unspecified atom stereocenters. The molecule has 2 aliphatic rings. The minimum Gasteiger partial charge on any atom is -0.480 e. The van der Waals surface area contributed by atoms with Crippen molar-refractivity contribution in [1.29, 1.82) is 0 Å². The first-order valence-corrected chi connectivity index (χ1v) is 12.1. The van der Waals surface area contributed by atoms with Crippen LogP contribution in [0.5, 0.6) is 0 Å². The zero-order valence-electron chi connectivity index (χ0n) is 19.5. The van der Waals surface area contributed by atoms with Gasteiger partial charge < -0.3 is 20.5 Å². The quantitative estimate of drug-likeness (QED) is 0.477. The van der Waals surface area contributed by atoms with Crippen LogP contribution in [-0.4, -0.2) is 41.3 Å². The number of carboxylic acids is 1. The van der Waals surface area contributed by atoms with Crippen molar-refractivity contribution in [2.45, 2.75) is 69.4 Å². The summed E-state index contributed by atoms with van der Waals surface area (Å²) in [5.74, 6) is -1.43. The number of unbranched alkanes of at least 4 members (excludes halogenated alkanes) is 1. The summed E-state index contributed by atoms with van der Waals surface area (Å²) in [6.45, 7) is 2.18. The Morgan fingerprint density at radius 1 is 1.06 bits per heavy atom. The van der Waals surface area contributed by atoms with Crippen LogP contribution in [0.1, 0.15) is 68.9 Å². The normalized spacial score (nSPS) is 16.5. The number of carbonyl (C=O) groups is 3. The molecule has 0 spiro atoms. The highest BCUT2D eigenvalue weighted by Gasteiger charge is 2.41. The number of hydrogen-bond acceptors (Lipinski definition) is 4. The summed E-state index contributed by atoms with van der Waals surface area (Å²) in [6, 6.07) is 15.4. The smallest absolute Gasteiger partial charge is 0.407 e. The van der Waals surface area contributed by atoms with Gasteiger partial charge >= 0.3 is 12.1 Å². The van der Waals surface area contributed by atoms with Gasteiger partial charge in [-0.3, -0.25) is 4.79 Å². The Kier molecular flexibility index (Phi) is 7.20. The van der Waals surface area contributed by atoms with E-state index < -0.39 is 23.6 Å². The van der Waals surface area contributed by atoms with Gasteiger partial charge in [0, 0.05) is 12.3 Å². The predicted octanol–water partition coefficient (Wildman–Crippen LogP) is 4.60. The van der Waals surface area contributed by atoms with E-state index >= 15 is 0 Å². The maximum Gasteiger partial charge on any atom is 0.407 e. The highest BCUT2D eigenvalue weighted by Crippen LogP contribution is 2.44. The van der Waals surface area contributed by atoms with Gasteiger partial charge in [0.2, 0.25) is 5.91 Å². The monoisotopic (exact) mass is 464 g/mol. The van der Waals surface area contributed by atoms with E-state index in [1.165, 1.54) is 0 Å². The molecule has 0 radical (unpaired) electrons. The van der Waals surface area contributed by atoms with Crippen LogP contribution in [-0.2, 0) is 14.3 Å². The lowest BCUT2D eigenvalue weighted by molar-refractivity contribution is -0.142. The Morgan fingerprint density at radius 3 is 2.21 bits per heavy atom. The summed E-state index contributed by atoms with van der Waals surface area (Å²) in [5.41, 5.74) is 3.92. The second kappa shape index (κ2) is 10.3. The van der Waals surface area contributed by atoms with E-state index in [2.05, 4.69) is 34.9 Å². The summed E-state index contributed by atoms with van der Waals surface area (Å²) in [7, 11) is 0. The SMILES string of the molecule is CCCCC(NC(=O)CC1(NC(=O)OCC2c3ccccc3-c3ccccc32)CCC1)C(=O)O. The number of carbonyl (C=O) groups excluding carboxylic acids is 2. The van der Waals surface area contributed by atoms with E-state index in [4.69, 9.17) is 4.74 Å². The summed E-state index contributed by atoms with van der Waals surface area (Å²) in [5, 5.41) is 14.9. The van der Waals surface area contributed by atoms with E-state index in [0.717, 1.165) is 41.5 Å². The van der Waals surface area contributed by atoms with Gasteiger partial charge in [-0.05, 0) is 47.9 Å². The Balaban J connectivity index is 1.35. The second-order valence-electron chi connectivity index (χ2n) is 9.36.